The number of nitrogens with zero attached hydrogens (tertiary/aromatic N) is 5. The molecular weight excluding hydrogens is 270 g/mol. The summed E-state index contributed by atoms with van der Waals surface area (Å²) >= 11 is 0. The summed E-state index contributed by atoms with van der Waals surface area (Å²) in [4.78, 5) is 14.9. The molecule has 1 aliphatic rings. The third-order valence-corrected chi connectivity index (χ3v) is 3.50. The van der Waals surface area contributed by atoms with Gasteiger partial charge in [0.15, 0.2) is 0 Å². The molecule has 1 aliphatic heterocycles. The third-order valence-electron chi connectivity index (χ3n) is 3.50. The van der Waals surface area contributed by atoms with Gasteiger partial charge in [-0.3, -0.25) is 4.90 Å². The minimum absolute atomic E-state index is 0.280. The molecule has 1 saturated heterocycles. The molecule has 4 heterocycles. The largest absolute Gasteiger partial charge is 0.472 e. The van der Waals surface area contributed by atoms with Crippen LogP contribution < -0.4 is 0 Å². The van der Waals surface area contributed by atoms with E-state index < -0.39 is 0 Å². The lowest BCUT2D eigenvalue weighted by Crippen LogP contribution is -2.44. The molecule has 0 radical (unpaired) electrons. The van der Waals surface area contributed by atoms with Crippen molar-refractivity contribution in [3.8, 4) is 11.6 Å². The zero-order valence-corrected chi connectivity index (χ0v) is 11.2. The number of hydrogen-bond donors (Lipinski definition) is 0. The van der Waals surface area contributed by atoms with Crippen molar-refractivity contribution in [2.45, 2.75) is 12.5 Å². The Morgan fingerprint density at radius 3 is 2.81 bits per heavy atom. The Morgan fingerprint density at radius 2 is 2.05 bits per heavy atom. The molecule has 0 bridgehead atoms. The van der Waals surface area contributed by atoms with E-state index >= 15 is 0 Å². The summed E-state index contributed by atoms with van der Waals surface area (Å²) in [7, 11) is 0. The van der Waals surface area contributed by atoms with Crippen LogP contribution in [0.3, 0.4) is 0 Å². The molecule has 106 valence electrons. The Labute approximate surface area is 120 Å². The quantitative estimate of drug-likeness (QED) is 0.721. The molecule has 0 amide bonds. The van der Waals surface area contributed by atoms with Crippen molar-refractivity contribution < 1.29 is 8.94 Å². The smallest absolute Gasteiger partial charge is 0.240 e. The van der Waals surface area contributed by atoms with E-state index in [0.29, 0.717) is 17.5 Å². The second-order valence-electron chi connectivity index (χ2n) is 5.05. The first kappa shape index (κ1) is 12.2. The van der Waals surface area contributed by atoms with Gasteiger partial charge in [-0.1, -0.05) is 5.16 Å². The van der Waals surface area contributed by atoms with Crippen molar-refractivity contribution in [3.63, 3.8) is 0 Å². The lowest BCUT2D eigenvalue weighted by Gasteiger charge is -2.36. The van der Waals surface area contributed by atoms with Crippen molar-refractivity contribution in [1.82, 2.24) is 25.0 Å². The van der Waals surface area contributed by atoms with E-state index in [1.165, 1.54) is 5.56 Å². The van der Waals surface area contributed by atoms with Crippen molar-refractivity contribution in [3.05, 3.63) is 48.5 Å². The van der Waals surface area contributed by atoms with Crippen LogP contribution in [-0.2, 0) is 6.54 Å². The van der Waals surface area contributed by atoms with Crippen molar-refractivity contribution in [2.75, 3.05) is 13.1 Å². The molecule has 3 aromatic rings. The number of likely N-dealkylation sites (tertiary alicyclic amines) is 1. The highest BCUT2D eigenvalue weighted by Crippen LogP contribution is 2.28. The Balaban J connectivity index is 1.40. The summed E-state index contributed by atoms with van der Waals surface area (Å²) in [5.41, 5.74) is 1.18. The molecular formula is C14H13N5O2. The van der Waals surface area contributed by atoms with Crippen LogP contribution in [0.4, 0.5) is 0 Å². The molecule has 0 atom stereocenters. The van der Waals surface area contributed by atoms with E-state index in [2.05, 4.69) is 25.0 Å². The molecule has 3 aromatic heterocycles. The molecule has 0 saturated carbocycles. The second kappa shape index (κ2) is 5.10. The van der Waals surface area contributed by atoms with E-state index in [4.69, 9.17) is 8.94 Å². The first-order valence-corrected chi connectivity index (χ1v) is 6.73. The lowest BCUT2D eigenvalue weighted by atomic mass is 10.00. The lowest BCUT2D eigenvalue weighted by molar-refractivity contribution is 0.117. The summed E-state index contributed by atoms with van der Waals surface area (Å²) < 4.78 is 10.4. The predicted molar refractivity (Wildman–Crippen MR) is 72.1 cm³/mol. The van der Waals surface area contributed by atoms with Crippen LogP contribution in [-0.4, -0.2) is 38.1 Å². The van der Waals surface area contributed by atoms with E-state index in [9.17, 15) is 0 Å². The summed E-state index contributed by atoms with van der Waals surface area (Å²) in [6.07, 6.45) is 6.78. The zero-order valence-electron chi connectivity index (χ0n) is 11.2. The summed E-state index contributed by atoms with van der Waals surface area (Å²) in [5.74, 6) is 1.86. The van der Waals surface area contributed by atoms with Crippen molar-refractivity contribution in [2.24, 2.45) is 0 Å². The topological polar surface area (TPSA) is 81.1 Å². The first-order chi connectivity index (χ1) is 10.4. The van der Waals surface area contributed by atoms with E-state index in [1.54, 1.807) is 31.0 Å². The minimum atomic E-state index is 0.280. The molecule has 0 spiro atoms. The molecule has 0 aromatic carbocycles. The highest BCUT2D eigenvalue weighted by Gasteiger charge is 2.32. The maximum Gasteiger partial charge on any atom is 0.240 e. The number of hydrogen-bond acceptors (Lipinski definition) is 7. The molecule has 7 heteroatoms. The van der Waals surface area contributed by atoms with Gasteiger partial charge in [-0.2, -0.15) is 4.98 Å². The summed E-state index contributed by atoms with van der Waals surface area (Å²) in [6.45, 7) is 2.70. The molecule has 1 fully saturated rings. The normalized spacial score (nSPS) is 16.0. The Kier molecular flexibility index (Phi) is 2.97. The van der Waals surface area contributed by atoms with Gasteiger partial charge >= 0.3 is 0 Å². The van der Waals surface area contributed by atoms with Crippen molar-refractivity contribution >= 4 is 0 Å². The standard InChI is InChI=1S/C14H13N5O2/c1-3-15-12(16-4-1)13-17-14(21-18-13)11-7-19(8-11)6-10-2-5-20-9-10/h1-5,9,11H,6-8H2. The van der Waals surface area contributed by atoms with Gasteiger partial charge in [0.25, 0.3) is 0 Å². The highest BCUT2D eigenvalue weighted by atomic mass is 16.5. The van der Waals surface area contributed by atoms with Gasteiger partial charge in [0.2, 0.25) is 17.5 Å². The van der Waals surface area contributed by atoms with Crippen LogP contribution in [0.1, 0.15) is 17.4 Å². The Bertz CT molecular complexity index is 704. The van der Waals surface area contributed by atoms with Crippen LogP contribution in [0.15, 0.2) is 46.0 Å². The van der Waals surface area contributed by atoms with Gasteiger partial charge in [0.1, 0.15) is 0 Å². The molecule has 4 rings (SSSR count). The van der Waals surface area contributed by atoms with Gasteiger partial charge in [0.05, 0.1) is 18.4 Å². The number of aromatic nitrogens is 4. The molecule has 21 heavy (non-hydrogen) atoms. The van der Waals surface area contributed by atoms with Gasteiger partial charge in [-0.15, -0.1) is 0 Å². The van der Waals surface area contributed by atoms with Crippen LogP contribution >= 0.6 is 0 Å². The molecule has 0 N–H and O–H groups in total. The maximum absolute atomic E-state index is 5.32. The summed E-state index contributed by atoms with van der Waals surface area (Å²) in [5, 5.41) is 3.95. The first-order valence-electron chi connectivity index (χ1n) is 6.73. The van der Waals surface area contributed by atoms with Gasteiger partial charge in [-0.05, 0) is 12.1 Å². The molecule has 0 aliphatic carbocycles. The minimum Gasteiger partial charge on any atom is -0.472 e. The van der Waals surface area contributed by atoms with E-state index in [1.807, 2.05) is 6.07 Å². The van der Waals surface area contributed by atoms with E-state index in [-0.39, 0.29) is 5.92 Å². The Hall–Kier alpha value is -2.54. The van der Waals surface area contributed by atoms with Crippen molar-refractivity contribution in [1.29, 1.82) is 0 Å². The van der Waals surface area contributed by atoms with E-state index in [0.717, 1.165) is 19.6 Å². The highest BCUT2D eigenvalue weighted by molar-refractivity contribution is 5.40. The maximum atomic E-state index is 5.32. The SMILES string of the molecule is c1cnc(-c2noc(C3CN(Cc4ccoc4)C3)n2)nc1. The van der Waals surface area contributed by atoms with Gasteiger partial charge in [-0.25, -0.2) is 9.97 Å². The zero-order chi connectivity index (χ0) is 14.1. The van der Waals surface area contributed by atoms with Gasteiger partial charge < -0.3 is 8.94 Å². The van der Waals surface area contributed by atoms with Crippen LogP contribution in [0.5, 0.6) is 0 Å². The number of furan rings is 1. The molecule has 0 unspecified atom stereocenters. The van der Waals surface area contributed by atoms with Gasteiger partial charge in [0, 0.05) is 37.6 Å². The average molecular weight is 283 g/mol. The Morgan fingerprint density at radius 1 is 1.19 bits per heavy atom. The fourth-order valence-corrected chi connectivity index (χ4v) is 2.40. The van der Waals surface area contributed by atoms with Crippen LogP contribution in [0.2, 0.25) is 0 Å². The molecule has 7 nitrogen and oxygen atoms in total. The second-order valence-corrected chi connectivity index (χ2v) is 5.05. The average Bonchev–Trinajstić information content (AvgIpc) is 3.15. The number of rotatable bonds is 4. The fourth-order valence-electron chi connectivity index (χ4n) is 2.40. The summed E-state index contributed by atoms with van der Waals surface area (Å²) in [6, 6.07) is 3.73. The third kappa shape index (κ3) is 2.43. The van der Waals surface area contributed by atoms with Crippen LogP contribution in [0, 0.1) is 0 Å². The van der Waals surface area contributed by atoms with Crippen LogP contribution in [0.25, 0.3) is 11.6 Å². The monoisotopic (exact) mass is 283 g/mol. The fraction of sp³-hybridized carbons (Fsp3) is 0.286. The predicted octanol–water partition coefficient (Wildman–Crippen LogP) is 1.72.